The van der Waals surface area contributed by atoms with E-state index in [0.29, 0.717) is 0 Å². The van der Waals surface area contributed by atoms with E-state index in [0.717, 1.165) is 0 Å². The zero-order valence-electron chi connectivity index (χ0n) is 28.4. The summed E-state index contributed by atoms with van der Waals surface area (Å²) >= 11 is 0. The smallest absolute Gasteiger partial charge is 0.0541 e. The molecule has 0 amide bonds. The summed E-state index contributed by atoms with van der Waals surface area (Å²) in [6, 6.07) is 71.0. The first-order valence-corrected chi connectivity index (χ1v) is 17.9. The Morgan fingerprint density at radius 1 is 0.250 bits per heavy atom. The standard InChI is InChI=1S/C50H32N2/c1-5-19-47-41(13-1)42-14-2-6-20-48(42)51(47)37-27-23-33(24-28-37)39-17-9-11-35-32-46-36(31-45(35)39)12-10-18-40(46)34-25-29-38(30-26-34)52-49-21-7-3-15-43(49)44-16-4-8-22-50(44)52/h1-32H. The molecule has 11 rings (SSSR count). The average molecular weight is 661 g/mol. The Balaban J connectivity index is 0.986. The second kappa shape index (κ2) is 11.3. The molecule has 0 unspecified atom stereocenters. The summed E-state index contributed by atoms with van der Waals surface area (Å²) in [5.74, 6) is 0. The van der Waals surface area contributed by atoms with E-state index in [-0.39, 0.29) is 0 Å². The first kappa shape index (κ1) is 28.9. The number of rotatable bonds is 4. The predicted molar refractivity (Wildman–Crippen MR) is 221 cm³/mol. The van der Waals surface area contributed by atoms with Gasteiger partial charge in [-0.1, -0.05) is 133 Å². The van der Waals surface area contributed by atoms with Gasteiger partial charge in [0.2, 0.25) is 0 Å². The van der Waals surface area contributed by atoms with Crippen molar-refractivity contribution in [3.8, 4) is 33.6 Å². The van der Waals surface area contributed by atoms with Gasteiger partial charge in [0.05, 0.1) is 22.1 Å². The predicted octanol–water partition coefficient (Wildman–Crippen LogP) is 13.5. The monoisotopic (exact) mass is 660 g/mol. The molecule has 0 saturated carbocycles. The van der Waals surface area contributed by atoms with Crippen LogP contribution in [0.4, 0.5) is 0 Å². The second-order valence-corrected chi connectivity index (χ2v) is 13.7. The van der Waals surface area contributed by atoms with Crippen molar-refractivity contribution in [2.45, 2.75) is 0 Å². The Morgan fingerprint density at radius 2 is 0.577 bits per heavy atom. The average Bonchev–Trinajstić information content (AvgIpc) is 3.73. The maximum atomic E-state index is 2.38. The SMILES string of the molecule is c1cc(-c2ccc(-n3c4ccccc4c4ccccc43)cc2)c2cc3cccc(-c4ccc(-n5c6ccccc6c6ccccc65)cc4)c3cc2c1. The van der Waals surface area contributed by atoms with E-state index in [1.807, 2.05) is 0 Å². The van der Waals surface area contributed by atoms with Crippen LogP contribution in [0.5, 0.6) is 0 Å². The molecule has 0 atom stereocenters. The molecule has 0 radical (unpaired) electrons. The lowest BCUT2D eigenvalue weighted by Gasteiger charge is -2.14. The first-order valence-electron chi connectivity index (χ1n) is 17.9. The Kier molecular flexibility index (Phi) is 6.28. The molecule has 0 aliphatic heterocycles. The summed E-state index contributed by atoms with van der Waals surface area (Å²) in [6.45, 7) is 0. The molecule has 52 heavy (non-hydrogen) atoms. The van der Waals surface area contributed by atoms with Crippen LogP contribution in [0.15, 0.2) is 194 Å². The minimum atomic E-state index is 1.17. The summed E-state index contributed by atoms with van der Waals surface area (Å²) in [7, 11) is 0. The molecule has 242 valence electrons. The Labute approximate surface area is 301 Å². The van der Waals surface area contributed by atoms with Crippen LogP contribution in [0.1, 0.15) is 0 Å². The van der Waals surface area contributed by atoms with Gasteiger partial charge in [-0.3, -0.25) is 0 Å². The van der Waals surface area contributed by atoms with Gasteiger partial charge < -0.3 is 9.13 Å². The minimum Gasteiger partial charge on any atom is -0.309 e. The summed E-state index contributed by atoms with van der Waals surface area (Å²) in [6.07, 6.45) is 0. The van der Waals surface area contributed by atoms with Gasteiger partial charge in [0.25, 0.3) is 0 Å². The molecule has 0 aliphatic rings. The van der Waals surface area contributed by atoms with Crippen molar-refractivity contribution in [3.05, 3.63) is 194 Å². The van der Waals surface area contributed by atoms with Crippen LogP contribution in [-0.2, 0) is 0 Å². The fourth-order valence-electron chi connectivity index (χ4n) is 8.54. The largest absolute Gasteiger partial charge is 0.309 e. The lowest BCUT2D eigenvalue weighted by atomic mass is 9.92. The van der Waals surface area contributed by atoms with Crippen molar-refractivity contribution in [1.29, 1.82) is 0 Å². The summed E-state index contributed by atoms with van der Waals surface area (Å²) in [5.41, 5.74) is 12.2. The number of hydrogen-bond donors (Lipinski definition) is 0. The highest BCUT2D eigenvalue weighted by atomic mass is 15.0. The molecule has 9 aromatic carbocycles. The topological polar surface area (TPSA) is 9.86 Å². The van der Waals surface area contributed by atoms with E-state index in [1.54, 1.807) is 0 Å². The van der Waals surface area contributed by atoms with Gasteiger partial charge in [0.1, 0.15) is 0 Å². The molecule has 2 aromatic heterocycles. The van der Waals surface area contributed by atoms with Crippen molar-refractivity contribution in [1.82, 2.24) is 9.13 Å². The van der Waals surface area contributed by atoms with Crippen molar-refractivity contribution < 1.29 is 0 Å². The third kappa shape index (κ3) is 4.31. The van der Waals surface area contributed by atoms with Crippen LogP contribution in [0.3, 0.4) is 0 Å². The molecule has 2 heteroatoms. The Hall–Kier alpha value is -6.90. The quantitative estimate of drug-likeness (QED) is 0.166. The lowest BCUT2D eigenvalue weighted by Crippen LogP contribution is -1.94. The fraction of sp³-hybridized carbons (Fsp3) is 0. The molecular weight excluding hydrogens is 629 g/mol. The minimum absolute atomic E-state index is 1.17. The van der Waals surface area contributed by atoms with Gasteiger partial charge in [-0.2, -0.15) is 0 Å². The summed E-state index contributed by atoms with van der Waals surface area (Å²) in [5, 5.41) is 10.1. The second-order valence-electron chi connectivity index (χ2n) is 13.7. The van der Waals surface area contributed by atoms with Gasteiger partial charge in [-0.15, -0.1) is 0 Å². The van der Waals surface area contributed by atoms with Crippen molar-refractivity contribution in [2.75, 3.05) is 0 Å². The number of nitrogens with zero attached hydrogens (tertiary/aromatic N) is 2. The molecule has 2 heterocycles. The molecule has 11 aromatic rings. The van der Waals surface area contributed by atoms with E-state index >= 15 is 0 Å². The molecule has 0 N–H and O–H groups in total. The Morgan fingerprint density at radius 3 is 0.923 bits per heavy atom. The van der Waals surface area contributed by atoms with Crippen LogP contribution in [0.25, 0.3) is 98.8 Å². The summed E-state index contributed by atoms with van der Waals surface area (Å²) < 4.78 is 4.75. The lowest BCUT2D eigenvalue weighted by molar-refractivity contribution is 1.18. The third-order valence-corrected chi connectivity index (χ3v) is 10.9. The fourth-order valence-corrected chi connectivity index (χ4v) is 8.54. The molecule has 0 spiro atoms. The van der Waals surface area contributed by atoms with Crippen molar-refractivity contribution >= 4 is 65.2 Å². The highest BCUT2D eigenvalue weighted by Gasteiger charge is 2.15. The van der Waals surface area contributed by atoms with Crippen LogP contribution in [-0.4, -0.2) is 9.13 Å². The van der Waals surface area contributed by atoms with Crippen LogP contribution in [0, 0.1) is 0 Å². The van der Waals surface area contributed by atoms with E-state index in [4.69, 9.17) is 0 Å². The number of para-hydroxylation sites is 4. The van der Waals surface area contributed by atoms with Gasteiger partial charge in [-0.05, 0) is 104 Å². The highest BCUT2D eigenvalue weighted by molar-refractivity contribution is 6.11. The van der Waals surface area contributed by atoms with Gasteiger partial charge in [0, 0.05) is 32.9 Å². The van der Waals surface area contributed by atoms with Gasteiger partial charge >= 0.3 is 0 Å². The van der Waals surface area contributed by atoms with Gasteiger partial charge in [0.15, 0.2) is 0 Å². The summed E-state index contributed by atoms with van der Waals surface area (Å²) in [4.78, 5) is 0. The van der Waals surface area contributed by atoms with Crippen LogP contribution in [0.2, 0.25) is 0 Å². The Bertz CT molecular complexity index is 2840. The number of aromatic nitrogens is 2. The zero-order valence-corrected chi connectivity index (χ0v) is 28.4. The van der Waals surface area contributed by atoms with Gasteiger partial charge in [-0.25, -0.2) is 0 Å². The highest BCUT2D eigenvalue weighted by Crippen LogP contribution is 2.38. The van der Waals surface area contributed by atoms with E-state index in [1.165, 1.54) is 98.8 Å². The van der Waals surface area contributed by atoms with Crippen molar-refractivity contribution in [2.24, 2.45) is 0 Å². The van der Waals surface area contributed by atoms with E-state index in [2.05, 4.69) is 203 Å². The number of hydrogen-bond acceptors (Lipinski definition) is 0. The maximum absolute atomic E-state index is 2.38. The molecule has 0 aliphatic carbocycles. The van der Waals surface area contributed by atoms with Crippen molar-refractivity contribution in [3.63, 3.8) is 0 Å². The third-order valence-electron chi connectivity index (χ3n) is 10.9. The number of benzene rings is 9. The maximum Gasteiger partial charge on any atom is 0.0541 e. The molecular formula is C50H32N2. The normalized spacial score (nSPS) is 11.8. The first-order chi connectivity index (χ1) is 25.8. The molecule has 2 nitrogen and oxygen atoms in total. The van der Waals surface area contributed by atoms with E-state index < -0.39 is 0 Å². The van der Waals surface area contributed by atoms with E-state index in [9.17, 15) is 0 Å². The van der Waals surface area contributed by atoms with Crippen LogP contribution < -0.4 is 0 Å². The number of fused-ring (bicyclic) bond motifs is 8. The zero-order chi connectivity index (χ0) is 34.2. The van der Waals surface area contributed by atoms with Crippen LogP contribution >= 0.6 is 0 Å². The molecule has 0 bridgehead atoms. The molecule has 0 fully saturated rings. The molecule has 0 saturated heterocycles.